The molecule has 1 aliphatic rings. The standard InChI is InChI=1S/C13H16N2OS/c1-10(16)17-13-4-7-15-9-12(13)8-11-2-5-14-6-3-11/h2-3,5-6,8,13,15H,4,7,9H2,1H3. The van der Waals surface area contributed by atoms with E-state index in [0.717, 1.165) is 25.1 Å². The van der Waals surface area contributed by atoms with Gasteiger partial charge in [-0.3, -0.25) is 9.78 Å². The zero-order chi connectivity index (χ0) is 12.1. The van der Waals surface area contributed by atoms with Gasteiger partial charge in [-0.15, -0.1) is 0 Å². The third kappa shape index (κ3) is 3.68. The van der Waals surface area contributed by atoms with Gasteiger partial charge in [0.1, 0.15) is 0 Å². The number of hydrogen-bond acceptors (Lipinski definition) is 4. The van der Waals surface area contributed by atoms with Gasteiger partial charge in [-0.05, 0) is 36.2 Å². The number of hydrogen-bond donors (Lipinski definition) is 1. The maximum Gasteiger partial charge on any atom is 0.186 e. The van der Waals surface area contributed by atoms with Crippen LogP contribution >= 0.6 is 11.8 Å². The van der Waals surface area contributed by atoms with Crippen molar-refractivity contribution in [2.45, 2.75) is 18.6 Å². The second kappa shape index (κ2) is 5.98. The van der Waals surface area contributed by atoms with E-state index in [0.29, 0.717) is 5.25 Å². The predicted molar refractivity (Wildman–Crippen MR) is 71.8 cm³/mol. The van der Waals surface area contributed by atoms with Crippen molar-refractivity contribution in [1.29, 1.82) is 0 Å². The molecule has 0 saturated carbocycles. The number of nitrogens with one attached hydrogen (secondary N) is 1. The highest BCUT2D eigenvalue weighted by Crippen LogP contribution is 2.26. The maximum atomic E-state index is 11.2. The van der Waals surface area contributed by atoms with Gasteiger partial charge in [-0.25, -0.2) is 0 Å². The van der Waals surface area contributed by atoms with Gasteiger partial charge >= 0.3 is 0 Å². The van der Waals surface area contributed by atoms with Crippen molar-refractivity contribution < 1.29 is 4.79 Å². The zero-order valence-electron chi connectivity index (χ0n) is 9.85. The second-order valence-electron chi connectivity index (χ2n) is 4.06. The quantitative estimate of drug-likeness (QED) is 0.870. The molecule has 0 aromatic carbocycles. The van der Waals surface area contributed by atoms with Gasteiger partial charge in [0, 0.05) is 31.1 Å². The molecule has 0 amide bonds. The fourth-order valence-corrected chi connectivity index (χ4v) is 2.86. The Morgan fingerprint density at radius 1 is 1.53 bits per heavy atom. The van der Waals surface area contributed by atoms with Crippen molar-refractivity contribution in [3.63, 3.8) is 0 Å². The number of carbonyl (C=O) groups excluding carboxylic acids is 1. The number of piperidine rings is 1. The Bertz CT molecular complexity index is 417. The van der Waals surface area contributed by atoms with Gasteiger partial charge in [0.15, 0.2) is 5.12 Å². The van der Waals surface area contributed by atoms with Crippen LogP contribution in [0.3, 0.4) is 0 Å². The van der Waals surface area contributed by atoms with Crippen molar-refractivity contribution in [2.75, 3.05) is 13.1 Å². The Labute approximate surface area is 106 Å². The summed E-state index contributed by atoms with van der Waals surface area (Å²) in [6.07, 6.45) is 6.75. The highest BCUT2D eigenvalue weighted by molar-refractivity contribution is 8.14. The highest BCUT2D eigenvalue weighted by atomic mass is 32.2. The van der Waals surface area contributed by atoms with Crippen LogP contribution in [0, 0.1) is 0 Å². The molecule has 1 aromatic rings. The summed E-state index contributed by atoms with van der Waals surface area (Å²) >= 11 is 1.44. The third-order valence-electron chi connectivity index (χ3n) is 2.69. The summed E-state index contributed by atoms with van der Waals surface area (Å²) in [5, 5.41) is 3.86. The summed E-state index contributed by atoms with van der Waals surface area (Å²) in [5.74, 6) is 0. The normalized spacial score (nSPS) is 22.6. The summed E-state index contributed by atoms with van der Waals surface area (Å²) in [7, 11) is 0. The molecule has 4 heteroatoms. The van der Waals surface area contributed by atoms with E-state index in [4.69, 9.17) is 0 Å². The van der Waals surface area contributed by atoms with Crippen molar-refractivity contribution in [3.8, 4) is 0 Å². The molecule has 2 rings (SSSR count). The van der Waals surface area contributed by atoms with Crippen molar-refractivity contribution in [2.24, 2.45) is 0 Å². The minimum absolute atomic E-state index is 0.192. The summed E-state index contributed by atoms with van der Waals surface area (Å²) in [4.78, 5) is 15.2. The molecular formula is C13H16N2OS. The van der Waals surface area contributed by atoms with E-state index < -0.39 is 0 Å². The average molecular weight is 248 g/mol. The Kier molecular flexibility index (Phi) is 4.34. The lowest BCUT2D eigenvalue weighted by molar-refractivity contribution is -0.109. The van der Waals surface area contributed by atoms with Crippen LogP contribution in [0.5, 0.6) is 0 Å². The Balaban J connectivity index is 2.16. The fraction of sp³-hybridized carbons (Fsp3) is 0.385. The molecule has 3 nitrogen and oxygen atoms in total. The van der Waals surface area contributed by atoms with Crippen LogP contribution in [0.25, 0.3) is 6.08 Å². The van der Waals surface area contributed by atoms with Crippen molar-refractivity contribution in [3.05, 3.63) is 35.7 Å². The number of rotatable bonds is 2. The van der Waals surface area contributed by atoms with E-state index in [9.17, 15) is 4.79 Å². The predicted octanol–water partition coefficient (Wildman–Crippen LogP) is 2.11. The van der Waals surface area contributed by atoms with E-state index in [-0.39, 0.29) is 5.12 Å². The number of pyridine rings is 1. The van der Waals surface area contributed by atoms with Crippen LogP contribution in [-0.4, -0.2) is 28.4 Å². The van der Waals surface area contributed by atoms with Crippen molar-refractivity contribution >= 4 is 23.0 Å². The maximum absolute atomic E-state index is 11.2. The van der Waals surface area contributed by atoms with Gasteiger partial charge < -0.3 is 5.32 Å². The molecule has 1 aliphatic heterocycles. The topological polar surface area (TPSA) is 42.0 Å². The molecule has 1 unspecified atom stereocenters. The van der Waals surface area contributed by atoms with E-state index >= 15 is 0 Å². The molecule has 0 radical (unpaired) electrons. The van der Waals surface area contributed by atoms with Crippen LogP contribution in [0.15, 0.2) is 30.1 Å². The first kappa shape index (κ1) is 12.3. The Hall–Kier alpha value is -1.13. The highest BCUT2D eigenvalue weighted by Gasteiger charge is 2.20. The average Bonchev–Trinajstić information content (AvgIpc) is 2.32. The Morgan fingerprint density at radius 2 is 2.29 bits per heavy atom. The van der Waals surface area contributed by atoms with Gasteiger partial charge in [-0.1, -0.05) is 17.8 Å². The van der Waals surface area contributed by atoms with Crippen LogP contribution < -0.4 is 5.32 Å². The fourth-order valence-electron chi connectivity index (χ4n) is 1.92. The molecule has 0 spiro atoms. The smallest absolute Gasteiger partial charge is 0.186 e. The molecule has 1 aromatic heterocycles. The van der Waals surface area contributed by atoms with Crippen LogP contribution in [-0.2, 0) is 4.79 Å². The number of nitrogens with zero attached hydrogens (tertiary/aromatic N) is 1. The molecule has 90 valence electrons. The lowest BCUT2D eigenvalue weighted by Crippen LogP contribution is -2.32. The molecule has 1 atom stereocenters. The molecule has 0 bridgehead atoms. The van der Waals surface area contributed by atoms with Gasteiger partial charge in [0.25, 0.3) is 0 Å². The van der Waals surface area contributed by atoms with Crippen LogP contribution in [0.4, 0.5) is 0 Å². The number of aromatic nitrogens is 1. The summed E-state index contributed by atoms with van der Waals surface area (Å²) < 4.78 is 0. The monoisotopic (exact) mass is 248 g/mol. The molecule has 1 fully saturated rings. The van der Waals surface area contributed by atoms with Crippen LogP contribution in [0.2, 0.25) is 0 Å². The van der Waals surface area contributed by atoms with Gasteiger partial charge in [-0.2, -0.15) is 0 Å². The lowest BCUT2D eigenvalue weighted by Gasteiger charge is -2.25. The molecule has 2 heterocycles. The molecular weight excluding hydrogens is 232 g/mol. The molecule has 0 aliphatic carbocycles. The van der Waals surface area contributed by atoms with E-state index in [1.54, 1.807) is 19.3 Å². The van der Waals surface area contributed by atoms with Crippen LogP contribution in [0.1, 0.15) is 18.9 Å². The summed E-state index contributed by atoms with van der Waals surface area (Å²) in [5.41, 5.74) is 2.44. The largest absolute Gasteiger partial charge is 0.313 e. The zero-order valence-corrected chi connectivity index (χ0v) is 10.7. The molecule has 17 heavy (non-hydrogen) atoms. The summed E-state index contributed by atoms with van der Waals surface area (Å²) in [6, 6.07) is 3.97. The second-order valence-corrected chi connectivity index (χ2v) is 5.44. The number of thioether (sulfide) groups is 1. The van der Waals surface area contributed by atoms with E-state index in [1.807, 2.05) is 12.1 Å². The van der Waals surface area contributed by atoms with Gasteiger partial charge in [0.05, 0.1) is 0 Å². The van der Waals surface area contributed by atoms with Gasteiger partial charge in [0.2, 0.25) is 0 Å². The SMILES string of the molecule is CC(=O)SC1CCNCC1=Cc1ccncc1. The molecule has 1 saturated heterocycles. The minimum atomic E-state index is 0.192. The lowest BCUT2D eigenvalue weighted by atomic mass is 10.0. The summed E-state index contributed by atoms with van der Waals surface area (Å²) in [6.45, 7) is 3.49. The minimum Gasteiger partial charge on any atom is -0.313 e. The molecule has 1 N–H and O–H groups in total. The van der Waals surface area contributed by atoms with E-state index in [2.05, 4.69) is 16.4 Å². The Morgan fingerprint density at radius 3 is 3.00 bits per heavy atom. The van der Waals surface area contributed by atoms with Crippen molar-refractivity contribution in [1.82, 2.24) is 10.3 Å². The first-order valence-electron chi connectivity index (χ1n) is 5.74. The first-order valence-corrected chi connectivity index (χ1v) is 6.62. The number of carbonyl (C=O) groups is 1. The van der Waals surface area contributed by atoms with E-state index in [1.165, 1.54) is 17.3 Å². The first-order chi connectivity index (χ1) is 8.25. The third-order valence-corrected chi connectivity index (χ3v) is 3.85.